The molecule has 0 saturated carbocycles. The molecular weight excluding hydrogens is 264 g/mol. The minimum Gasteiger partial charge on any atom is -0.504 e. The predicted molar refractivity (Wildman–Crippen MR) is 83.6 cm³/mol. The van der Waals surface area contributed by atoms with Crippen LogP contribution in [0.15, 0.2) is 18.2 Å². The number of hydrogen-bond acceptors (Lipinski definition) is 4. The Kier molecular flexibility index (Phi) is 4.36. The van der Waals surface area contributed by atoms with Crippen LogP contribution in [0.4, 0.5) is 0 Å². The zero-order valence-corrected chi connectivity index (χ0v) is 13.0. The highest BCUT2D eigenvalue weighted by Crippen LogP contribution is 2.36. The molecule has 0 radical (unpaired) electrons. The van der Waals surface area contributed by atoms with Gasteiger partial charge in [0.25, 0.3) is 0 Å². The summed E-state index contributed by atoms with van der Waals surface area (Å²) in [6, 6.07) is 6.42. The van der Waals surface area contributed by atoms with Crippen LogP contribution in [0.1, 0.15) is 25.8 Å². The molecule has 2 saturated heterocycles. The lowest BCUT2D eigenvalue weighted by atomic mass is 9.93. The van der Waals surface area contributed by atoms with E-state index in [-0.39, 0.29) is 5.75 Å². The van der Waals surface area contributed by atoms with E-state index in [1.54, 1.807) is 6.07 Å². The Labute approximate surface area is 127 Å². The van der Waals surface area contributed by atoms with Gasteiger partial charge >= 0.3 is 0 Å². The summed E-state index contributed by atoms with van der Waals surface area (Å²) in [5.74, 6) is 2.44. The molecule has 3 atom stereocenters. The summed E-state index contributed by atoms with van der Waals surface area (Å²) in [4.78, 5) is 2.61. The van der Waals surface area contributed by atoms with Gasteiger partial charge in [0.05, 0.1) is 6.61 Å². The van der Waals surface area contributed by atoms with Crippen molar-refractivity contribution in [2.45, 2.75) is 32.9 Å². The van der Waals surface area contributed by atoms with E-state index in [4.69, 9.17) is 4.74 Å². The number of aromatic hydroxyl groups is 1. The molecule has 116 valence electrons. The van der Waals surface area contributed by atoms with Gasteiger partial charge in [-0.2, -0.15) is 0 Å². The number of phenolic OH excluding ortho intramolecular Hbond substituents is 1. The summed E-state index contributed by atoms with van der Waals surface area (Å²) in [6.07, 6.45) is 1.21. The average molecular weight is 290 g/mol. The Morgan fingerprint density at radius 1 is 1.33 bits per heavy atom. The summed E-state index contributed by atoms with van der Waals surface area (Å²) in [5, 5.41) is 13.3. The van der Waals surface area contributed by atoms with E-state index in [1.807, 2.05) is 19.1 Å². The smallest absolute Gasteiger partial charge is 0.161 e. The van der Waals surface area contributed by atoms with Gasteiger partial charge in [0.1, 0.15) is 0 Å². The molecule has 1 aromatic carbocycles. The molecule has 2 N–H and O–H groups in total. The van der Waals surface area contributed by atoms with Crippen molar-refractivity contribution in [2.24, 2.45) is 11.8 Å². The van der Waals surface area contributed by atoms with Crippen molar-refractivity contribution in [3.63, 3.8) is 0 Å². The van der Waals surface area contributed by atoms with Crippen LogP contribution >= 0.6 is 0 Å². The van der Waals surface area contributed by atoms with Crippen molar-refractivity contribution in [2.75, 3.05) is 26.2 Å². The van der Waals surface area contributed by atoms with Gasteiger partial charge in [-0.3, -0.25) is 4.90 Å². The number of nitrogens with zero attached hydrogens (tertiary/aromatic N) is 1. The van der Waals surface area contributed by atoms with Crippen LogP contribution in [0.3, 0.4) is 0 Å². The summed E-state index contributed by atoms with van der Waals surface area (Å²) in [5.41, 5.74) is 1.22. The van der Waals surface area contributed by atoms with Crippen LogP contribution in [0.25, 0.3) is 0 Å². The molecule has 0 aromatic heterocycles. The molecule has 3 unspecified atom stereocenters. The molecule has 4 heteroatoms. The largest absolute Gasteiger partial charge is 0.504 e. The van der Waals surface area contributed by atoms with Gasteiger partial charge < -0.3 is 15.2 Å². The molecule has 2 aliphatic heterocycles. The predicted octanol–water partition coefficient (Wildman–Crippen LogP) is 2.22. The third-order valence-electron chi connectivity index (χ3n) is 4.95. The van der Waals surface area contributed by atoms with Gasteiger partial charge in [-0.05, 0) is 56.0 Å². The van der Waals surface area contributed by atoms with Crippen LogP contribution in [-0.4, -0.2) is 42.3 Å². The lowest BCUT2D eigenvalue weighted by Gasteiger charge is -2.27. The summed E-state index contributed by atoms with van der Waals surface area (Å²) >= 11 is 0. The van der Waals surface area contributed by atoms with E-state index in [2.05, 4.69) is 17.1 Å². The molecule has 2 aliphatic rings. The van der Waals surface area contributed by atoms with E-state index in [1.165, 1.54) is 25.1 Å². The van der Waals surface area contributed by atoms with E-state index in [0.29, 0.717) is 18.4 Å². The number of phenols is 1. The van der Waals surface area contributed by atoms with Crippen molar-refractivity contribution in [3.05, 3.63) is 23.8 Å². The molecule has 0 aliphatic carbocycles. The standard InChI is InChI=1S/C17H26N2O2/c1-3-15-14-9-18-8-13(14)11-19(15)10-12-5-6-16(20)17(7-12)21-4-2/h5-7,13-15,18,20H,3-4,8-11H2,1-2H3. The maximum absolute atomic E-state index is 9.81. The molecular formula is C17H26N2O2. The number of rotatable bonds is 5. The van der Waals surface area contributed by atoms with Crippen LogP contribution in [0.2, 0.25) is 0 Å². The zero-order valence-electron chi connectivity index (χ0n) is 13.0. The maximum Gasteiger partial charge on any atom is 0.161 e. The third-order valence-corrected chi connectivity index (χ3v) is 4.95. The topological polar surface area (TPSA) is 44.7 Å². The van der Waals surface area contributed by atoms with E-state index in [9.17, 15) is 5.11 Å². The molecule has 0 spiro atoms. The molecule has 1 aromatic rings. The van der Waals surface area contributed by atoms with Crippen LogP contribution in [-0.2, 0) is 6.54 Å². The Hall–Kier alpha value is -1.26. The fourth-order valence-corrected chi connectivity index (χ4v) is 4.02. The molecule has 4 nitrogen and oxygen atoms in total. The Morgan fingerprint density at radius 2 is 2.19 bits per heavy atom. The van der Waals surface area contributed by atoms with Crippen molar-refractivity contribution < 1.29 is 9.84 Å². The van der Waals surface area contributed by atoms with Gasteiger partial charge in [0, 0.05) is 19.1 Å². The van der Waals surface area contributed by atoms with Crippen molar-refractivity contribution in [1.29, 1.82) is 0 Å². The first kappa shape index (κ1) is 14.7. The zero-order chi connectivity index (χ0) is 14.8. The van der Waals surface area contributed by atoms with Gasteiger partial charge in [-0.25, -0.2) is 0 Å². The first-order valence-corrected chi connectivity index (χ1v) is 8.12. The monoisotopic (exact) mass is 290 g/mol. The molecule has 3 rings (SSSR count). The first-order chi connectivity index (χ1) is 10.2. The fourth-order valence-electron chi connectivity index (χ4n) is 4.02. The number of ether oxygens (including phenoxy) is 1. The second-order valence-electron chi connectivity index (χ2n) is 6.22. The normalized spacial score (nSPS) is 28.8. The lowest BCUT2D eigenvalue weighted by molar-refractivity contribution is 0.210. The number of fused-ring (bicyclic) bond motifs is 1. The number of nitrogens with one attached hydrogen (secondary N) is 1. The third kappa shape index (κ3) is 2.87. The second-order valence-corrected chi connectivity index (χ2v) is 6.22. The number of likely N-dealkylation sites (tertiary alicyclic amines) is 1. The van der Waals surface area contributed by atoms with Gasteiger partial charge in [-0.15, -0.1) is 0 Å². The fraction of sp³-hybridized carbons (Fsp3) is 0.647. The number of hydrogen-bond donors (Lipinski definition) is 2. The second kappa shape index (κ2) is 6.24. The van der Waals surface area contributed by atoms with Crippen molar-refractivity contribution >= 4 is 0 Å². The average Bonchev–Trinajstić information content (AvgIpc) is 3.03. The van der Waals surface area contributed by atoms with Crippen molar-refractivity contribution in [1.82, 2.24) is 10.2 Å². The Bertz CT molecular complexity index is 492. The minimum atomic E-state index is 0.232. The molecule has 0 bridgehead atoms. The van der Waals surface area contributed by atoms with E-state index < -0.39 is 0 Å². The summed E-state index contributed by atoms with van der Waals surface area (Å²) < 4.78 is 5.49. The maximum atomic E-state index is 9.81. The first-order valence-electron chi connectivity index (χ1n) is 8.12. The van der Waals surface area contributed by atoms with Gasteiger partial charge in [0.2, 0.25) is 0 Å². The SMILES string of the molecule is CCOc1cc(CN2CC3CNCC3C2CC)ccc1O. The number of benzene rings is 1. The van der Waals surface area contributed by atoms with Crippen LogP contribution < -0.4 is 10.1 Å². The lowest BCUT2D eigenvalue weighted by Crippen LogP contribution is -2.34. The van der Waals surface area contributed by atoms with Crippen LogP contribution in [0.5, 0.6) is 11.5 Å². The molecule has 0 amide bonds. The Balaban J connectivity index is 1.72. The highest BCUT2D eigenvalue weighted by atomic mass is 16.5. The molecule has 2 heterocycles. The molecule has 2 fully saturated rings. The Morgan fingerprint density at radius 3 is 2.95 bits per heavy atom. The van der Waals surface area contributed by atoms with E-state index in [0.717, 1.165) is 24.9 Å². The highest BCUT2D eigenvalue weighted by molar-refractivity contribution is 5.41. The van der Waals surface area contributed by atoms with Crippen LogP contribution in [0, 0.1) is 11.8 Å². The van der Waals surface area contributed by atoms with E-state index >= 15 is 0 Å². The highest BCUT2D eigenvalue weighted by Gasteiger charge is 2.42. The summed E-state index contributed by atoms with van der Waals surface area (Å²) in [7, 11) is 0. The quantitative estimate of drug-likeness (QED) is 0.873. The van der Waals surface area contributed by atoms with Gasteiger partial charge in [-0.1, -0.05) is 13.0 Å². The molecule has 21 heavy (non-hydrogen) atoms. The minimum absolute atomic E-state index is 0.232. The van der Waals surface area contributed by atoms with Gasteiger partial charge in [0.15, 0.2) is 11.5 Å². The summed E-state index contributed by atoms with van der Waals surface area (Å²) in [6.45, 7) is 9.27. The van der Waals surface area contributed by atoms with Crippen molar-refractivity contribution in [3.8, 4) is 11.5 Å².